The Bertz CT molecular complexity index is 781. The number of likely N-dealkylation sites (N-methyl/N-ethyl adjacent to an activating group) is 1. The fraction of sp³-hybridized carbons (Fsp3) is 0.435. The molecule has 0 aromatic heterocycles. The first-order chi connectivity index (χ1) is 13.5. The number of para-hydroxylation sites is 2. The molecule has 28 heavy (non-hydrogen) atoms. The molecular formula is C23H31N3O2. The van der Waals surface area contributed by atoms with Crippen LogP contribution < -0.4 is 9.64 Å². The topological polar surface area (TPSA) is 36.0 Å². The predicted octanol–water partition coefficient (Wildman–Crippen LogP) is 3.35. The van der Waals surface area contributed by atoms with Gasteiger partial charge >= 0.3 is 0 Å². The second-order valence-corrected chi connectivity index (χ2v) is 7.49. The molecule has 5 nitrogen and oxygen atoms in total. The highest BCUT2D eigenvalue weighted by Crippen LogP contribution is 2.29. The highest BCUT2D eigenvalue weighted by atomic mass is 16.5. The SMILES string of the molecule is CCOc1ccccc1N1CCN(C(=O)C(c2ccc(C)cc2)N(C)C)CC1. The van der Waals surface area contributed by atoms with Crippen LogP contribution in [0.25, 0.3) is 0 Å². The number of piperazine rings is 1. The van der Waals surface area contributed by atoms with Crippen molar-refractivity contribution in [1.29, 1.82) is 0 Å². The van der Waals surface area contributed by atoms with Gasteiger partial charge in [-0.15, -0.1) is 0 Å². The van der Waals surface area contributed by atoms with E-state index in [1.165, 1.54) is 5.56 Å². The smallest absolute Gasteiger partial charge is 0.244 e. The molecule has 2 aromatic carbocycles. The summed E-state index contributed by atoms with van der Waals surface area (Å²) in [6.45, 7) is 7.77. The van der Waals surface area contributed by atoms with Crippen molar-refractivity contribution in [3.8, 4) is 5.75 Å². The molecule has 3 rings (SSSR count). The Hall–Kier alpha value is -2.53. The molecule has 0 aliphatic carbocycles. The molecule has 0 bridgehead atoms. The zero-order chi connectivity index (χ0) is 20.1. The lowest BCUT2D eigenvalue weighted by atomic mass is 10.0. The van der Waals surface area contributed by atoms with Crippen molar-refractivity contribution in [3.05, 3.63) is 59.7 Å². The summed E-state index contributed by atoms with van der Waals surface area (Å²) >= 11 is 0. The summed E-state index contributed by atoms with van der Waals surface area (Å²) < 4.78 is 5.77. The average molecular weight is 382 g/mol. The van der Waals surface area contributed by atoms with E-state index in [2.05, 4.69) is 42.2 Å². The van der Waals surface area contributed by atoms with Gasteiger partial charge in [-0.3, -0.25) is 9.69 Å². The van der Waals surface area contributed by atoms with E-state index in [1.54, 1.807) is 0 Å². The van der Waals surface area contributed by atoms with Gasteiger partial charge in [-0.1, -0.05) is 42.0 Å². The van der Waals surface area contributed by atoms with Crippen molar-refractivity contribution < 1.29 is 9.53 Å². The van der Waals surface area contributed by atoms with E-state index in [9.17, 15) is 4.79 Å². The summed E-state index contributed by atoms with van der Waals surface area (Å²) in [5.74, 6) is 1.09. The fourth-order valence-corrected chi connectivity index (χ4v) is 3.75. The van der Waals surface area contributed by atoms with E-state index in [4.69, 9.17) is 4.74 Å². The van der Waals surface area contributed by atoms with Crippen LogP contribution in [-0.2, 0) is 4.79 Å². The summed E-state index contributed by atoms with van der Waals surface area (Å²) in [4.78, 5) is 19.6. The van der Waals surface area contributed by atoms with Gasteiger partial charge in [0.1, 0.15) is 11.8 Å². The third kappa shape index (κ3) is 4.47. The van der Waals surface area contributed by atoms with Gasteiger partial charge in [0.25, 0.3) is 0 Å². The zero-order valence-corrected chi connectivity index (χ0v) is 17.4. The van der Waals surface area contributed by atoms with Crippen LogP contribution in [0, 0.1) is 6.92 Å². The molecule has 0 spiro atoms. The Balaban J connectivity index is 1.69. The number of ether oxygens (including phenoxy) is 1. The Morgan fingerprint density at radius 3 is 2.29 bits per heavy atom. The first kappa shape index (κ1) is 20.2. The van der Waals surface area contributed by atoms with Gasteiger partial charge in [-0.05, 0) is 45.6 Å². The Labute approximate surface area is 168 Å². The number of rotatable bonds is 6. The highest BCUT2D eigenvalue weighted by Gasteiger charge is 2.30. The number of hydrogen-bond acceptors (Lipinski definition) is 4. The van der Waals surface area contributed by atoms with Gasteiger partial charge in [0.2, 0.25) is 5.91 Å². The van der Waals surface area contributed by atoms with Crippen LogP contribution >= 0.6 is 0 Å². The molecule has 5 heteroatoms. The number of carbonyl (C=O) groups is 1. The first-order valence-corrected chi connectivity index (χ1v) is 9.99. The Morgan fingerprint density at radius 2 is 1.68 bits per heavy atom. The van der Waals surface area contributed by atoms with Crippen molar-refractivity contribution in [2.24, 2.45) is 0 Å². The normalized spacial score (nSPS) is 15.6. The maximum absolute atomic E-state index is 13.3. The largest absolute Gasteiger partial charge is 0.492 e. The van der Waals surface area contributed by atoms with Crippen LogP contribution in [0.2, 0.25) is 0 Å². The summed E-state index contributed by atoms with van der Waals surface area (Å²) in [5, 5.41) is 0. The van der Waals surface area contributed by atoms with E-state index in [-0.39, 0.29) is 11.9 Å². The highest BCUT2D eigenvalue weighted by molar-refractivity contribution is 5.83. The number of carbonyl (C=O) groups excluding carboxylic acids is 1. The minimum Gasteiger partial charge on any atom is -0.492 e. The van der Waals surface area contributed by atoms with E-state index >= 15 is 0 Å². The molecule has 1 aliphatic rings. The summed E-state index contributed by atoms with van der Waals surface area (Å²) in [7, 11) is 3.94. The van der Waals surface area contributed by atoms with Crippen molar-refractivity contribution in [2.45, 2.75) is 19.9 Å². The lowest BCUT2D eigenvalue weighted by Gasteiger charge is -2.39. The second kappa shape index (κ2) is 9.11. The standard InChI is InChI=1S/C23H31N3O2/c1-5-28-21-9-7-6-8-20(21)25-14-16-26(17-15-25)23(27)22(24(3)4)19-12-10-18(2)11-13-19/h6-13,22H,5,14-17H2,1-4H3. The van der Waals surface area contributed by atoms with Crippen molar-refractivity contribution >= 4 is 11.6 Å². The number of amides is 1. The minimum absolute atomic E-state index is 0.173. The molecule has 1 amide bonds. The lowest BCUT2D eigenvalue weighted by molar-refractivity contribution is -0.136. The third-order valence-electron chi connectivity index (χ3n) is 5.24. The van der Waals surface area contributed by atoms with Crippen LogP contribution in [0.3, 0.4) is 0 Å². The first-order valence-electron chi connectivity index (χ1n) is 9.99. The number of hydrogen-bond donors (Lipinski definition) is 0. The third-order valence-corrected chi connectivity index (χ3v) is 5.24. The molecule has 0 saturated carbocycles. The lowest BCUT2D eigenvalue weighted by Crippen LogP contribution is -2.51. The molecule has 1 saturated heterocycles. The zero-order valence-electron chi connectivity index (χ0n) is 17.4. The van der Waals surface area contributed by atoms with Crippen LogP contribution in [0.4, 0.5) is 5.69 Å². The maximum atomic E-state index is 13.3. The quantitative estimate of drug-likeness (QED) is 0.769. The predicted molar refractivity (Wildman–Crippen MR) is 114 cm³/mol. The van der Waals surface area contributed by atoms with Gasteiger partial charge in [0.05, 0.1) is 12.3 Å². The Morgan fingerprint density at radius 1 is 1.04 bits per heavy atom. The molecule has 150 valence electrons. The summed E-state index contributed by atoms with van der Waals surface area (Å²) in [6, 6.07) is 16.2. The fourth-order valence-electron chi connectivity index (χ4n) is 3.75. The molecule has 2 aromatic rings. The van der Waals surface area contributed by atoms with Gasteiger partial charge in [0, 0.05) is 26.2 Å². The van der Waals surface area contributed by atoms with E-state index in [1.807, 2.05) is 49.0 Å². The minimum atomic E-state index is -0.247. The molecule has 1 aliphatic heterocycles. The monoisotopic (exact) mass is 381 g/mol. The van der Waals surface area contributed by atoms with Gasteiger partial charge in [-0.25, -0.2) is 0 Å². The molecule has 0 N–H and O–H groups in total. The van der Waals surface area contributed by atoms with Gasteiger partial charge in [-0.2, -0.15) is 0 Å². The number of nitrogens with zero attached hydrogens (tertiary/aromatic N) is 3. The second-order valence-electron chi connectivity index (χ2n) is 7.49. The molecular weight excluding hydrogens is 350 g/mol. The van der Waals surface area contributed by atoms with E-state index in [0.717, 1.165) is 43.2 Å². The molecule has 1 heterocycles. The number of anilines is 1. The van der Waals surface area contributed by atoms with Crippen molar-refractivity contribution in [2.75, 3.05) is 51.8 Å². The van der Waals surface area contributed by atoms with Crippen LogP contribution in [0.15, 0.2) is 48.5 Å². The molecule has 1 unspecified atom stereocenters. The summed E-state index contributed by atoms with van der Waals surface area (Å²) in [6.07, 6.45) is 0. The van der Waals surface area contributed by atoms with Crippen molar-refractivity contribution in [1.82, 2.24) is 9.80 Å². The van der Waals surface area contributed by atoms with Crippen molar-refractivity contribution in [3.63, 3.8) is 0 Å². The van der Waals surface area contributed by atoms with Gasteiger partial charge < -0.3 is 14.5 Å². The summed E-state index contributed by atoms with van der Waals surface area (Å²) in [5.41, 5.74) is 3.36. The van der Waals surface area contributed by atoms with Crippen LogP contribution in [0.5, 0.6) is 5.75 Å². The molecule has 1 atom stereocenters. The molecule has 1 fully saturated rings. The van der Waals surface area contributed by atoms with Gasteiger partial charge in [0.15, 0.2) is 0 Å². The van der Waals surface area contributed by atoms with E-state index < -0.39 is 0 Å². The van der Waals surface area contributed by atoms with Crippen LogP contribution in [0.1, 0.15) is 24.1 Å². The average Bonchev–Trinajstić information content (AvgIpc) is 2.70. The molecule has 0 radical (unpaired) electrons. The van der Waals surface area contributed by atoms with E-state index in [0.29, 0.717) is 6.61 Å². The number of benzene rings is 2. The Kier molecular flexibility index (Phi) is 6.57. The maximum Gasteiger partial charge on any atom is 0.244 e. The number of aryl methyl sites for hydroxylation is 1. The van der Waals surface area contributed by atoms with Crippen LogP contribution in [-0.4, -0.2) is 62.6 Å².